The molecule has 0 radical (unpaired) electrons. The molecule has 100 valence electrons. The third-order valence-corrected chi connectivity index (χ3v) is 3.89. The van der Waals surface area contributed by atoms with Gasteiger partial charge in [-0.1, -0.05) is 23.9 Å². The smallest absolute Gasteiger partial charge is 0.208 e. The van der Waals surface area contributed by atoms with Gasteiger partial charge in [0.05, 0.1) is 0 Å². The number of H-pyrrole nitrogens is 1. The van der Waals surface area contributed by atoms with E-state index in [0.717, 1.165) is 30.8 Å². The van der Waals surface area contributed by atoms with Crippen LogP contribution in [0.5, 0.6) is 0 Å². The van der Waals surface area contributed by atoms with E-state index < -0.39 is 0 Å². The maximum atomic E-state index is 13.0. The maximum Gasteiger partial charge on any atom is 0.208 e. The van der Waals surface area contributed by atoms with Gasteiger partial charge in [0.15, 0.2) is 5.82 Å². The van der Waals surface area contributed by atoms with Gasteiger partial charge in [-0.15, -0.1) is 5.10 Å². The van der Waals surface area contributed by atoms with Crippen LogP contribution in [-0.2, 0) is 10.5 Å². The van der Waals surface area contributed by atoms with Crippen molar-refractivity contribution in [2.45, 2.75) is 29.9 Å². The molecule has 1 fully saturated rings. The highest BCUT2D eigenvalue weighted by Gasteiger charge is 2.21. The molecular formula is C13H14FN3OS. The molecule has 0 aliphatic carbocycles. The van der Waals surface area contributed by atoms with E-state index in [2.05, 4.69) is 15.2 Å². The fourth-order valence-electron chi connectivity index (χ4n) is 2.03. The second kappa shape index (κ2) is 5.71. The van der Waals surface area contributed by atoms with Crippen LogP contribution in [0.3, 0.4) is 0 Å². The zero-order valence-electron chi connectivity index (χ0n) is 10.3. The van der Waals surface area contributed by atoms with E-state index in [4.69, 9.17) is 4.74 Å². The minimum absolute atomic E-state index is 0.0519. The molecule has 1 unspecified atom stereocenters. The molecule has 0 bridgehead atoms. The van der Waals surface area contributed by atoms with Gasteiger partial charge in [-0.05, 0) is 30.5 Å². The Morgan fingerprint density at radius 1 is 1.47 bits per heavy atom. The molecule has 1 saturated heterocycles. The molecule has 0 saturated carbocycles. The standard InChI is InChI=1S/C13H14FN3OS/c14-10-4-1-3-9(7-10)8-19-13-15-12(16-17-13)11-5-2-6-18-11/h1,3-4,7,11H,2,5-6,8H2,(H,15,16,17). The summed E-state index contributed by atoms with van der Waals surface area (Å²) in [5, 5.41) is 7.74. The lowest BCUT2D eigenvalue weighted by atomic mass is 10.2. The number of rotatable bonds is 4. The van der Waals surface area contributed by atoms with Crippen molar-refractivity contribution in [1.82, 2.24) is 15.2 Å². The van der Waals surface area contributed by atoms with Gasteiger partial charge in [0.2, 0.25) is 5.16 Å². The zero-order chi connectivity index (χ0) is 13.1. The molecule has 1 aromatic carbocycles. The summed E-state index contributed by atoms with van der Waals surface area (Å²) in [7, 11) is 0. The molecule has 1 aromatic heterocycles. The summed E-state index contributed by atoms with van der Waals surface area (Å²) in [6, 6.07) is 6.57. The molecule has 2 aromatic rings. The van der Waals surface area contributed by atoms with Crippen molar-refractivity contribution in [2.24, 2.45) is 0 Å². The Morgan fingerprint density at radius 3 is 3.21 bits per heavy atom. The Bertz CT molecular complexity index is 554. The minimum Gasteiger partial charge on any atom is -0.370 e. The van der Waals surface area contributed by atoms with E-state index in [0.29, 0.717) is 10.9 Å². The van der Waals surface area contributed by atoms with Crippen LogP contribution in [0.15, 0.2) is 29.4 Å². The van der Waals surface area contributed by atoms with Gasteiger partial charge >= 0.3 is 0 Å². The first-order valence-electron chi connectivity index (χ1n) is 6.22. The number of benzene rings is 1. The van der Waals surface area contributed by atoms with Crippen LogP contribution in [0, 0.1) is 5.82 Å². The molecule has 2 heterocycles. The van der Waals surface area contributed by atoms with E-state index in [1.807, 2.05) is 6.07 Å². The van der Waals surface area contributed by atoms with Gasteiger partial charge in [-0.3, -0.25) is 5.10 Å². The summed E-state index contributed by atoms with van der Waals surface area (Å²) in [6.45, 7) is 0.789. The summed E-state index contributed by atoms with van der Waals surface area (Å²) in [5.41, 5.74) is 0.925. The van der Waals surface area contributed by atoms with E-state index in [-0.39, 0.29) is 11.9 Å². The summed E-state index contributed by atoms with van der Waals surface area (Å²) in [6.07, 6.45) is 2.11. The zero-order valence-corrected chi connectivity index (χ0v) is 11.1. The molecule has 0 amide bonds. The molecule has 6 heteroatoms. The fourth-order valence-corrected chi connectivity index (χ4v) is 2.78. The lowest BCUT2D eigenvalue weighted by Gasteiger charge is -2.02. The van der Waals surface area contributed by atoms with Gasteiger partial charge < -0.3 is 4.74 Å². The quantitative estimate of drug-likeness (QED) is 0.874. The monoisotopic (exact) mass is 279 g/mol. The third-order valence-electron chi connectivity index (χ3n) is 2.97. The van der Waals surface area contributed by atoms with Gasteiger partial charge in [-0.2, -0.15) is 0 Å². The average molecular weight is 279 g/mol. The van der Waals surface area contributed by atoms with E-state index >= 15 is 0 Å². The number of thioether (sulfide) groups is 1. The molecule has 4 nitrogen and oxygen atoms in total. The predicted octanol–water partition coefficient (Wildman–Crippen LogP) is 3.09. The summed E-state index contributed by atoms with van der Waals surface area (Å²) in [4.78, 5) is 4.41. The molecule has 1 N–H and O–H groups in total. The fraction of sp³-hybridized carbons (Fsp3) is 0.385. The SMILES string of the molecule is Fc1cccc(CSc2n[nH]c(C3CCCO3)n2)c1. The van der Waals surface area contributed by atoms with Crippen molar-refractivity contribution in [2.75, 3.05) is 6.61 Å². The Morgan fingerprint density at radius 2 is 2.42 bits per heavy atom. The number of hydrogen-bond acceptors (Lipinski definition) is 4. The molecule has 1 aliphatic heterocycles. The number of aromatic amines is 1. The first-order chi connectivity index (χ1) is 9.31. The number of ether oxygens (including phenoxy) is 1. The van der Waals surface area contributed by atoms with Crippen molar-refractivity contribution >= 4 is 11.8 Å². The highest BCUT2D eigenvalue weighted by molar-refractivity contribution is 7.98. The molecular weight excluding hydrogens is 265 g/mol. The lowest BCUT2D eigenvalue weighted by molar-refractivity contribution is 0.105. The number of halogens is 1. The van der Waals surface area contributed by atoms with Crippen LogP contribution in [0.4, 0.5) is 4.39 Å². The van der Waals surface area contributed by atoms with Gasteiger partial charge in [0, 0.05) is 12.4 Å². The minimum atomic E-state index is -0.215. The first-order valence-corrected chi connectivity index (χ1v) is 7.21. The molecule has 1 aliphatic rings. The van der Waals surface area contributed by atoms with Crippen LogP contribution in [0.25, 0.3) is 0 Å². The van der Waals surface area contributed by atoms with E-state index in [1.54, 1.807) is 6.07 Å². The normalized spacial score (nSPS) is 18.9. The predicted molar refractivity (Wildman–Crippen MR) is 70.3 cm³/mol. The van der Waals surface area contributed by atoms with Crippen LogP contribution in [0.2, 0.25) is 0 Å². The van der Waals surface area contributed by atoms with Crippen LogP contribution >= 0.6 is 11.8 Å². The Kier molecular flexibility index (Phi) is 3.79. The molecule has 3 rings (SSSR count). The summed E-state index contributed by atoms with van der Waals surface area (Å²) in [5.74, 6) is 1.23. The van der Waals surface area contributed by atoms with E-state index in [1.165, 1.54) is 23.9 Å². The number of hydrogen-bond donors (Lipinski definition) is 1. The Labute approximate surface area is 114 Å². The lowest BCUT2D eigenvalue weighted by Crippen LogP contribution is -1.97. The Hall–Kier alpha value is -1.40. The van der Waals surface area contributed by atoms with Crippen LogP contribution in [-0.4, -0.2) is 21.8 Å². The average Bonchev–Trinajstić information content (AvgIpc) is 3.07. The third kappa shape index (κ3) is 3.13. The van der Waals surface area contributed by atoms with Gasteiger partial charge in [0.25, 0.3) is 0 Å². The van der Waals surface area contributed by atoms with Crippen molar-refractivity contribution in [3.05, 3.63) is 41.5 Å². The number of nitrogens with zero attached hydrogens (tertiary/aromatic N) is 2. The van der Waals surface area contributed by atoms with Crippen molar-refractivity contribution < 1.29 is 9.13 Å². The highest BCUT2D eigenvalue weighted by Crippen LogP contribution is 2.27. The summed E-state index contributed by atoms with van der Waals surface area (Å²) < 4.78 is 18.6. The van der Waals surface area contributed by atoms with Gasteiger partial charge in [-0.25, -0.2) is 9.37 Å². The molecule has 0 spiro atoms. The molecule has 19 heavy (non-hydrogen) atoms. The van der Waals surface area contributed by atoms with Crippen molar-refractivity contribution in [3.8, 4) is 0 Å². The number of aromatic nitrogens is 3. The second-order valence-corrected chi connectivity index (χ2v) is 5.37. The van der Waals surface area contributed by atoms with E-state index in [9.17, 15) is 4.39 Å². The Balaban J connectivity index is 1.61. The number of nitrogens with one attached hydrogen (secondary N) is 1. The topological polar surface area (TPSA) is 50.8 Å². The van der Waals surface area contributed by atoms with Crippen molar-refractivity contribution in [3.63, 3.8) is 0 Å². The van der Waals surface area contributed by atoms with Crippen LogP contribution in [0.1, 0.15) is 30.3 Å². The second-order valence-electron chi connectivity index (χ2n) is 4.42. The van der Waals surface area contributed by atoms with Crippen molar-refractivity contribution in [1.29, 1.82) is 0 Å². The van der Waals surface area contributed by atoms with Crippen LogP contribution < -0.4 is 0 Å². The summed E-state index contributed by atoms with van der Waals surface area (Å²) >= 11 is 1.49. The highest BCUT2D eigenvalue weighted by atomic mass is 32.2. The maximum absolute atomic E-state index is 13.0. The molecule has 1 atom stereocenters. The largest absolute Gasteiger partial charge is 0.370 e. The van der Waals surface area contributed by atoms with Gasteiger partial charge in [0.1, 0.15) is 11.9 Å². The first kappa shape index (κ1) is 12.6.